The molecule has 1 amide bonds. The van der Waals surface area contributed by atoms with Crippen molar-refractivity contribution in [2.24, 2.45) is 5.92 Å². The number of hydrogen-bond acceptors (Lipinski definition) is 6. The number of sulfonamides is 1. The highest BCUT2D eigenvalue weighted by molar-refractivity contribution is 7.89. The number of anilines is 1. The highest BCUT2D eigenvalue weighted by Gasteiger charge is 2.38. The number of amides is 1. The first-order valence-electron chi connectivity index (χ1n) is 10.9. The second-order valence-corrected chi connectivity index (χ2v) is 9.94. The van der Waals surface area contributed by atoms with Crippen LogP contribution in [-0.4, -0.2) is 55.6 Å². The van der Waals surface area contributed by atoms with Crippen LogP contribution in [0.5, 0.6) is 5.75 Å². The maximum absolute atomic E-state index is 13.5. The van der Waals surface area contributed by atoms with Gasteiger partial charge in [0.15, 0.2) is 0 Å². The molecule has 2 N–H and O–H groups in total. The van der Waals surface area contributed by atoms with E-state index >= 15 is 0 Å². The van der Waals surface area contributed by atoms with Gasteiger partial charge in [-0.2, -0.15) is 4.31 Å². The molecular weight excluding hydrogens is 491 g/mol. The molecule has 1 unspecified atom stereocenters. The van der Waals surface area contributed by atoms with E-state index in [9.17, 15) is 31.2 Å². The predicted molar refractivity (Wildman–Crippen MR) is 119 cm³/mol. The number of H-pyrrole nitrogens is 1. The van der Waals surface area contributed by atoms with Crippen molar-refractivity contribution in [3.05, 3.63) is 41.2 Å². The van der Waals surface area contributed by atoms with Crippen molar-refractivity contribution in [2.75, 3.05) is 25.0 Å². The average Bonchev–Trinajstić information content (AvgIpc) is 3.08. The van der Waals surface area contributed by atoms with Crippen molar-refractivity contribution < 1.29 is 40.7 Å². The Labute approximate surface area is 200 Å². The van der Waals surface area contributed by atoms with E-state index in [1.54, 1.807) is 20.8 Å². The van der Waals surface area contributed by atoms with Crippen molar-refractivity contribution in [3.63, 3.8) is 0 Å². The molecule has 192 valence electrons. The number of aromatic nitrogens is 1. The third-order valence-corrected chi connectivity index (χ3v) is 7.54. The van der Waals surface area contributed by atoms with Crippen LogP contribution in [0.25, 0.3) is 0 Å². The minimum Gasteiger partial charge on any atom is -0.462 e. The number of nitrogens with one attached hydrogen (secondary N) is 2. The van der Waals surface area contributed by atoms with E-state index in [1.807, 2.05) is 0 Å². The molecule has 35 heavy (non-hydrogen) atoms. The fourth-order valence-corrected chi connectivity index (χ4v) is 5.95. The summed E-state index contributed by atoms with van der Waals surface area (Å²) in [5, 5.41) is 2.60. The van der Waals surface area contributed by atoms with Crippen LogP contribution in [0.2, 0.25) is 0 Å². The van der Waals surface area contributed by atoms with Gasteiger partial charge in [-0.05, 0) is 57.9 Å². The third-order valence-electron chi connectivity index (χ3n) is 5.51. The molecule has 1 fully saturated rings. The summed E-state index contributed by atoms with van der Waals surface area (Å²) in [4.78, 5) is 28.0. The summed E-state index contributed by atoms with van der Waals surface area (Å²) in [7, 11) is -4.13. The van der Waals surface area contributed by atoms with E-state index in [-0.39, 0.29) is 35.8 Å². The Bertz CT molecular complexity index is 1190. The molecule has 13 heteroatoms. The predicted octanol–water partition coefficient (Wildman–Crippen LogP) is 3.75. The summed E-state index contributed by atoms with van der Waals surface area (Å²) in [5.41, 5.74) is 0.838. The number of alkyl halides is 3. The fourth-order valence-electron chi connectivity index (χ4n) is 4.02. The van der Waals surface area contributed by atoms with Crippen LogP contribution in [-0.2, 0) is 19.6 Å². The number of piperidine rings is 1. The molecule has 1 atom stereocenters. The van der Waals surface area contributed by atoms with E-state index in [4.69, 9.17) is 4.74 Å². The van der Waals surface area contributed by atoms with Crippen molar-refractivity contribution in [1.29, 1.82) is 0 Å². The molecule has 0 bridgehead atoms. The number of carbonyl (C=O) groups is 2. The van der Waals surface area contributed by atoms with E-state index in [0.717, 1.165) is 12.1 Å². The lowest BCUT2D eigenvalue weighted by atomic mass is 9.99. The van der Waals surface area contributed by atoms with Crippen LogP contribution < -0.4 is 10.1 Å². The Balaban J connectivity index is 1.76. The van der Waals surface area contributed by atoms with Crippen LogP contribution in [0, 0.1) is 19.8 Å². The van der Waals surface area contributed by atoms with Gasteiger partial charge in [-0.15, -0.1) is 13.2 Å². The van der Waals surface area contributed by atoms with Crippen LogP contribution in [0.4, 0.5) is 18.9 Å². The van der Waals surface area contributed by atoms with Gasteiger partial charge in [0.1, 0.15) is 16.2 Å². The maximum atomic E-state index is 13.5. The van der Waals surface area contributed by atoms with Crippen molar-refractivity contribution in [1.82, 2.24) is 9.29 Å². The molecule has 1 aliphatic rings. The number of rotatable bonds is 7. The number of benzene rings is 1. The first-order valence-corrected chi connectivity index (χ1v) is 12.3. The molecule has 0 radical (unpaired) electrons. The van der Waals surface area contributed by atoms with Crippen molar-refractivity contribution in [3.8, 4) is 5.75 Å². The van der Waals surface area contributed by atoms with Gasteiger partial charge in [0.25, 0.3) is 0 Å². The van der Waals surface area contributed by atoms with Gasteiger partial charge in [0.2, 0.25) is 15.9 Å². The van der Waals surface area contributed by atoms with Crippen molar-refractivity contribution >= 4 is 27.6 Å². The summed E-state index contributed by atoms with van der Waals surface area (Å²) in [5.74, 6) is -2.35. The smallest absolute Gasteiger partial charge is 0.462 e. The zero-order valence-electron chi connectivity index (χ0n) is 19.4. The molecule has 2 aromatic rings. The number of esters is 1. The lowest BCUT2D eigenvalue weighted by Crippen LogP contribution is -2.44. The number of nitrogens with zero attached hydrogens (tertiary/aromatic N) is 1. The topological polar surface area (TPSA) is 118 Å². The molecule has 9 nitrogen and oxygen atoms in total. The van der Waals surface area contributed by atoms with Crippen LogP contribution in [0.15, 0.2) is 29.2 Å². The zero-order chi connectivity index (χ0) is 26.0. The summed E-state index contributed by atoms with van der Waals surface area (Å²) in [6, 6.07) is 4.64. The minimum absolute atomic E-state index is 0.0582. The summed E-state index contributed by atoms with van der Waals surface area (Å²) >= 11 is 0. The first kappa shape index (κ1) is 26.5. The summed E-state index contributed by atoms with van der Waals surface area (Å²) in [6.07, 6.45) is -4.00. The number of ether oxygens (including phenoxy) is 2. The molecule has 1 aromatic carbocycles. The van der Waals surface area contributed by atoms with Gasteiger partial charge in [-0.3, -0.25) is 4.79 Å². The van der Waals surface area contributed by atoms with Gasteiger partial charge in [-0.25, -0.2) is 13.2 Å². The Kier molecular flexibility index (Phi) is 7.80. The highest BCUT2D eigenvalue weighted by atomic mass is 32.2. The SMILES string of the molecule is CCOC(=O)c1c(C)[nH]c(C)c1S(=O)(=O)N1CCCC(C(=O)Nc2ccc(OC(F)(F)F)cc2)C1. The van der Waals surface area contributed by atoms with Crippen molar-refractivity contribution in [2.45, 2.75) is 44.9 Å². The first-order chi connectivity index (χ1) is 16.3. The fraction of sp³-hybridized carbons (Fsp3) is 0.455. The number of aryl methyl sites for hydroxylation is 2. The second kappa shape index (κ2) is 10.3. The molecular formula is C22H26F3N3O6S. The van der Waals surface area contributed by atoms with Crippen LogP contribution >= 0.6 is 0 Å². The lowest BCUT2D eigenvalue weighted by Gasteiger charge is -2.31. The normalized spacial score (nSPS) is 17.1. The Hall–Kier alpha value is -3.06. The number of hydrogen-bond donors (Lipinski definition) is 2. The van der Waals surface area contributed by atoms with Gasteiger partial charge < -0.3 is 19.8 Å². The van der Waals surface area contributed by atoms with Crippen LogP contribution in [0.3, 0.4) is 0 Å². The Morgan fingerprint density at radius 3 is 2.43 bits per heavy atom. The van der Waals surface area contributed by atoms with E-state index in [2.05, 4.69) is 15.0 Å². The number of halogens is 3. The monoisotopic (exact) mass is 517 g/mol. The zero-order valence-corrected chi connectivity index (χ0v) is 20.2. The Morgan fingerprint density at radius 1 is 1.17 bits per heavy atom. The quantitative estimate of drug-likeness (QED) is 0.541. The van der Waals surface area contributed by atoms with Gasteiger partial charge in [0, 0.05) is 30.2 Å². The molecule has 0 saturated carbocycles. The molecule has 1 aliphatic heterocycles. The summed E-state index contributed by atoms with van der Waals surface area (Å²) < 4.78 is 73.9. The molecule has 1 aromatic heterocycles. The van der Waals surface area contributed by atoms with E-state index < -0.39 is 39.9 Å². The maximum Gasteiger partial charge on any atom is 0.573 e. The van der Waals surface area contributed by atoms with E-state index in [1.165, 1.54) is 16.4 Å². The third kappa shape index (κ3) is 6.14. The molecule has 1 saturated heterocycles. The Morgan fingerprint density at radius 2 is 1.83 bits per heavy atom. The number of carbonyl (C=O) groups excluding carboxylic acids is 2. The van der Waals surface area contributed by atoms with Gasteiger partial charge >= 0.3 is 12.3 Å². The number of aromatic amines is 1. The summed E-state index contributed by atoms with van der Waals surface area (Å²) in [6.45, 7) is 4.87. The molecule has 0 spiro atoms. The average molecular weight is 518 g/mol. The molecule has 0 aliphatic carbocycles. The second-order valence-electron chi connectivity index (χ2n) is 8.06. The standard InChI is InChI=1S/C22H26F3N3O6S/c1-4-33-21(30)18-13(2)26-14(3)19(18)35(31,32)28-11-5-6-15(12-28)20(29)27-16-7-9-17(10-8-16)34-22(23,24)25/h7-10,15,26H,4-6,11-12H2,1-3H3,(H,27,29). The largest absolute Gasteiger partial charge is 0.573 e. The molecule has 3 rings (SSSR count). The highest BCUT2D eigenvalue weighted by Crippen LogP contribution is 2.31. The lowest BCUT2D eigenvalue weighted by molar-refractivity contribution is -0.274. The molecule has 2 heterocycles. The van der Waals surface area contributed by atoms with Gasteiger partial charge in [0.05, 0.1) is 12.5 Å². The van der Waals surface area contributed by atoms with Gasteiger partial charge in [-0.1, -0.05) is 0 Å². The van der Waals surface area contributed by atoms with Crippen LogP contribution in [0.1, 0.15) is 41.5 Å². The minimum atomic E-state index is -4.83. The van der Waals surface area contributed by atoms with E-state index in [0.29, 0.717) is 24.2 Å².